The minimum atomic E-state index is 0.297. The molecule has 9 aromatic carbocycles. The van der Waals surface area contributed by atoms with Crippen molar-refractivity contribution in [3.63, 3.8) is 0 Å². The summed E-state index contributed by atoms with van der Waals surface area (Å²) in [5.41, 5.74) is 16.3. The quantitative estimate of drug-likeness (QED) is 0.147. The maximum atomic E-state index is 2.46. The lowest BCUT2D eigenvalue weighted by Crippen LogP contribution is -2.20. The Morgan fingerprint density at radius 1 is 0.433 bits per heavy atom. The molecule has 0 spiro atoms. The van der Waals surface area contributed by atoms with Crippen molar-refractivity contribution < 1.29 is 0 Å². The molecule has 11 rings (SSSR count). The second-order valence-electron chi connectivity index (χ2n) is 16.2. The lowest BCUT2D eigenvalue weighted by atomic mass is 9.81. The molecule has 0 saturated carbocycles. The third kappa shape index (κ3) is 5.95. The highest BCUT2D eigenvalue weighted by molar-refractivity contribution is 6.21. The second-order valence-corrected chi connectivity index (χ2v) is 16.2. The number of fused-ring (bicyclic) bond motifs is 5. The fraction of sp³-hybridized carbons (Fsp3) is 0.0690. The zero-order valence-corrected chi connectivity index (χ0v) is 33.9. The molecule has 0 fully saturated rings. The number of rotatable bonds is 7. The van der Waals surface area contributed by atoms with E-state index in [9.17, 15) is 0 Å². The molecule has 2 heteroatoms. The summed E-state index contributed by atoms with van der Waals surface area (Å²) in [5.74, 6) is 0.297. The average molecular weight is 769 g/mol. The lowest BCUT2D eigenvalue weighted by molar-refractivity contribution is 0.751. The van der Waals surface area contributed by atoms with Crippen molar-refractivity contribution in [3.05, 3.63) is 235 Å². The zero-order chi connectivity index (χ0) is 40.2. The summed E-state index contributed by atoms with van der Waals surface area (Å²) >= 11 is 0. The van der Waals surface area contributed by atoms with Gasteiger partial charge in [-0.1, -0.05) is 157 Å². The maximum Gasteiger partial charge on any atom is 0.0541 e. The molecule has 1 unspecified atom stereocenters. The van der Waals surface area contributed by atoms with E-state index in [1.54, 1.807) is 0 Å². The van der Waals surface area contributed by atoms with Gasteiger partial charge in [-0.3, -0.25) is 0 Å². The van der Waals surface area contributed by atoms with Gasteiger partial charge in [-0.15, -0.1) is 0 Å². The molecule has 1 aromatic heterocycles. The molecule has 0 N–H and O–H groups in total. The SMILES string of the molecule is CC1=CC(N(c2ccccc2)c2ccccc2)=C(C)CC1c1ccc2c(c1)c1ccccc1n2-c1ccc(-c2c3ccccc3c(-c3ccccc3)c3ccccc23)cc1. The number of hydrogen-bond donors (Lipinski definition) is 0. The Balaban J connectivity index is 0.986. The van der Waals surface area contributed by atoms with Gasteiger partial charge in [-0.25, -0.2) is 0 Å². The molecule has 10 aromatic rings. The summed E-state index contributed by atoms with van der Waals surface area (Å²) in [4.78, 5) is 2.40. The smallest absolute Gasteiger partial charge is 0.0541 e. The van der Waals surface area contributed by atoms with Crippen LogP contribution in [-0.4, -0.2) is 4.57 Å². The van der Waals surface area contributed by atoms with Gasteiger partial charge in [0.25, 0.3) is 0 Å². The molecule has 1 aliphatic rings. The Kier molecular flexibility index (Phi) is 8.78. The van der Waals surface area contributed by atoms with E-state index >= 15 is 0 Å². The normalized spacial score (nSPS) is 14.3. The second kappa shape index (κ2) is 14.8. The van der Waals surface area contributed by atoms with Crippen molar-refractivity contribution in [1.29, 1.82) is 0 Å². The monoisotopic (exact) mass is 768 g/mol. The van der Waals surface area contributed by atoms with Gasteiger partial charge in [-0.2, -0.15) is 0 Å². The first-order valence-corrected chi connectivity index (χ1v) is 21.0. The van der Waals surface area contributed by atoms with Gasteiger partial charge in [-0.05, 0) is 136 Å². The van der Waals surface area contributed by atoms with Crippen molar-refractivity contribution in [1.82, 2.24) is 4.57 Å². The molecule has 0 amide bonds. The first-order valence-electron chi connectivity index (χ1n) is 21.0. The summed E-state index contributed by atoms with van der Waals surface area (Å²) in [6.07, 6.45) is 3.38. The Morgan fingerprint density at radius 2 is 0.900 bits per heavy atom. The topological polar surface area (TPSA) is 8.17 Å². The van der Waals surface area contributed by atoms with Crippen LogP contribution in [0.2, 0.25) is 0 Å². The standard InChI is InChI=1S/C58H44N2/c1-39-37-56(59(44-20-8-4-9-21-44)45-22-10-5-11-23-45)40(2)36-52(39)43-32-35-55-53(38-43)47-24-16-17-29-54(47)60(55)46-33-30-42(31-34-46)58-50-27-14-12-25-48(50)57(41-18-6-3-7-19-41)49-26-13-15-28-51(49)58/h3-35,37-38,52H,36H2,1-2H3. The van der Waals surface area contributed by atoms with Gasteiger partial charge < -0.3 is 9.47 Å². The van der Waals surface area contributed by atoms with Crippen LogP contribution in [0.4, 0.5) is 11.4 Å². The first-order chi connectivity index (χ1) is 29.6. The van der Waals surface area contributed by atoms with Crippen LogP contribution in [0.25, 0.3) is 71.3 Å². The van der Waals surface area contributed by atoms with Crippen molar-refractivity contribution >= 4 is 54.7 Å². The summed E-state index contributed by atoms with van der Waals surface area (Å²) in [6, 6.07) is 75.4. The number of hydrogen-bond acceptors (Lipinski definition) is 1. The van der Waals surface area contributed by atoms with Gasteiger partial charge in [0.1, 0.15) is 0 Å². The molecule has 1 heterocycles. The van der Waals surface area contributed by atoms with Crippen LogP contribution in [0, 0.1) is 0 Å². The van der Waals surface area contributed by atoms with Crippen molar-refractivity contribution in [2.75, 3.05) is 4.90 Å². The number of anilines is 2. The molecule has 286 valence electrons. The Morgan fingerprint density at radius 3 is 1.47 bits per heavy atom. The lowest BCUT2D eigenvalue weighted by Gasteiger charge is -2.33. The molecule has 0 bridgehead atoms. The largest absolute Gasteiger partial charge is 0.311 e. The van der Waals surface area contributed by atoms with E-state index in [0.717, 1.165) is 12.1 Å². The molecule has 0 aliphatic heterocycles. The molecule has 1 atom stereocenters. The highest BCUT2D eigenvalue weighted by Crippen LogP contribution is 2.45. The van der Waals surface area contributed by atoms with E-state index in [2.05, 4.69) is 236 Å². The molecule has 1 aliphatic carbocycles. The minimum absolute atomic E-state index is 0.297. The first kappa shape index (κ1) is 35.7. The summed E-state index contributed by atoms with van der Waals surface area (Å²) in [6.45, 7) is 4.61. The van der Waals surface area contributed by atoms with Gasteiger partial charge in [0, 0.05) is 39.4 Å². The number of benzene rings is 9. The number of allylic oxidation sites excluding steroid dienone is 3. The van der Waals surface area contributed by atoms with E-state index in [4.69, 9.17) is 0 Å². The van der Waals surface area contributed by atoms with Crippen LogP contribution in [-0.2, 0) is 0 Å². The predicted octanol–water partition coefficient (Wildman–Crippen LogP) is 16.0. The third-order valence-electron chi connectivity index (χ3n) is 12.6. The van der Waals surface area contributed by atoms with Gasteiger partial charge in [0.05, 0.1) is 11.0 Å². The number of aromatic nitrogens is 1. The molecule has 0 saturated heterocycles. The van der Waals surface area contributed by atoms with Crippen LogP contribution < -0.4 is 4.90 Å². The molecule has 0 radical (unpaired) electrons. The fourth-order valence-corrected chi connectivity index (χ4v) is 9.85. The van der Waals surface area contributed by atoms with Crippen LogP contribution in [0.1, 0.15) is 31.7 Å². The predicted molar refractivity (Wildman–Crippen MR) is 256 cm³/mol. The molecule has 2 nitrogen and oxygen atoms in total. The average Bonchev–Trinajstić information content (AvgIpc) is 3.64. The maximum absolute atomic E-state index is 2.46. The van der Waals surface area contributed by atoms with Crippen molar-refractivity contribution in [2.24, 2.45) is 0 Å². The van der Waals surface area contributed by atoms with Crippen LogP contribution in [0.15, 0.2) is 229 Å². The fourth-order valence-electron chi connectivity index (χ4n) is 9.85. The van der Waals surface area contributed by atoms with Crippen molar-refractivity contribution in [3.8, 4) is 27.9 Å². The van der Waals surface area contributed by atoms with Crippen LogP contribution in [0.5, 0.6) is 0 Å². The van der Waals surface area contributed by atoms with Gasteiger partial charge >= 0.3 is 0 Å². The number of nitrogens with zero attached hydrogens (tertiary/aromatic N) is 2. The summed E-state index contributed by atoms with van der Waals surface area (Å²) in [7, 11) is 0. The van der Waals surface area contributed by atoms with E-state index in [0.29, 0.717) is 5.92 Å². The van der Waals surface area contributed by atoms with Gasteiger partial charge in [0.2, 0.25) is 0 Å². The third-order valence-corrected chi connectivity index (χ3v) is 12.6. The molecular formula is C58H44N2. The Hall–Kier alpha value is -7.42. The molecule has 60 heavy (non-hydrogen) atoms. The minimum Gasteiger partial charge on any atom is -0.311 e. The van der Waals surface area contributed by atoms with E-state index in [1.807, 2.05) is 0 Å². The van der Waals surface area contributed by atoms with E-state index in [-0.39, 0.29) is 0 Å². The Bertz CT molecular complexity index is 3180. The summed E-state index contributed by atoms with van der Waals surface area (Å²) < 4.78 is 2.44. The van der Waals surface area contributed by atoms with Crippen LogP contribution >= 0.6 is 0 Å². The Labute approximate surface area is 351 Å². The summed E-state index contributed by atoms with van der Waals surface area (Å²) in [5, 5.41) is 7.64. The van der Waals surface area contributed by atoms with Crippen LogP contribution in [0.3, 0.4) is 0 Å². The highest BCUT2D eigenvalue weighted by atomic mass is 15.1. The number of para-hydroxylation sites is 3. The zero-order valence-electron chi connectivity index (χ0n) is 33.9. The van der Waals surface area contributed by atoms with E-state index < -0.39 is 0 Å². The van der Waals surface area contributed by atoms with E-state index in [1.165, 1.54) is 99.4 Å². The molecular weight excluding hydrogens is 725 g/mol. The van der Waals surface area contributed by atoms with Crippen molar-refractivity contribution in [2.45, 2.75) is 26.2 Å². The van der Waals surface area contributed by atoms with Gasteiger partial charge in [0.15, 0.2) is 0 Å². The highest BCUT2D eigenvalue weighted by Gasteiger charge is 2.26.